The molecule has 0 aliphatic heterocycles. The van der Waals surface area contributed by atoms with E-state index in [-0.39, 0.29) is 17.0 Å². The molecular formula is C24H29ClFN7O2. The molecule has 3 aromatic rings. The monoisotopic (exact) mass is 501 g/mol. The Hall–Kier alpha value is -3.11. The minimum Gasteiger partial charge on any atom is -0.469 e. The number of aromatic nitrogens is 4. The fourth-order valence-electron chi connectivity index (χ4n) is 4.33. The summed E-state index contributed by atoms with van der Waals surface area (Å²) in [6.45, 7) is 0.876. The van der Waals surface area contributed by atoms with Crippen LogP contribution in [0.5, 0.6) is 0 Å². The lowest BCUT2D eigenvalue weighted by molar-refractivity contribution is -0.140. The molecule has 11 heteroatoms. The van der Waals surface area contributed by atoms with Gasteiger partial charge in [-0.1, -0.05) is 11.6 Å². The summed E-state index contributed by atoms with van der Waals surface area (Å²) in [6, 6.07) is 5.14. The number of halogens is 2. The molecule has 35 heavy (non-hydrogen) atoms. The Morgan fingerprint density at radius 2 is 2.03 bits per heavy atom. The van der Waals surface area contributed by atoms with Crippen LogP contribution >= 0.6 is 11.6 Å². The number of ether oxygens (including phenoxy) is 1. The number of methoxy groups -OCH3 is 1. The number of rotatable bonds is 9. The second-order valence-corrected chi connectivity index (χ2v) is 9.12. The summed E-state index contributed by atoms with van der Waals surface area (Å²) in [5.41, 5.74) is 1.75. The Labute approximate surface area is 208 Å². The standard InChI is InChI=1S/C24H29ClFN7O2/c1-33(11-3-4-21(34)35-2)17-8-5-15(6-9-17)31-24-27-13-20-22(32-24)23(29-14-28-20)30-16-7-10-19(26)18(25)12-16/h7,10,12-15,17H,3-6,8-9,11H2,1-2H3,(H,27,31,32)(H,28,29,30)/t15-,17-. The van der Waals surface area contributed by atoms with Crippen LogP contribution in [-0.2, 0) is 9.53 Å². The molecule has 186 valence electrons. The first-order chi connectivity index (χ1) is 16.9. The van der Waals surface area contributed by atoms with Gasteiger partial charge in [0.15, 0.2) is 5.82 Å². The molecule has 1 aromatic carbocycles. The number of hydrogen-bond donors (Lipinski definition) is 2. The van der Waals surface area contributed by atoms with Crippen LogP contribution in [0, 0.1) is 5.82 Å². The number of benzene rings is 1. The molecule has 2 heterocycles. The molecule has 0 spiro atoms. The molecule has 2 aromatic heterocycles. The predicted octanol–water partition coefficient (Wildman–Crippen LogP) is 4.56. The van der Waals surface area contributed by atoms with Gasteiger partial charge in [0, 0.05) is 24.2 Å². The largest absolute Gasteiger partial charge is 0.469 e. The fourth-order valence-corrected chi connectivity index (χ4v) is 4.51. The minimum atomic E-state index is -0.485. The zero-order valence-corrected chi connectivity index (χ0v) is 20.6. The number of fused-ring (bicyclic) bond motifs is 1. The lowest BCUT2D eigenvalue weighted by Gasteiger charge is -2.35. The van der Waals surface area contributed by atoms with Crippen molar-refractivity contribution in [2.24, 2.45) is 0 Å². The average molecular weight is 502 g/mol. The smallest absolute Gasteiger partial charge is 0.305 e. The quantitative estimate of drug-likeness (QED) is 0.408. The molecule has 2 N–H and O–H groups in total. The van der Waals surface area contributed by atoms with Crippen molar-refractivity contribution in [2.45, 2.75) is 50.6 Å². The van der Waals surface area contributed by atoms with Gasteiger partial charge in [0.2, 0.25) is 5.95 Å². The second-order valence-electron chi connectivity index (χ2n) is 8.71. The Bertz CT molecular complexity index is 1170. The van der Waals surface area contributed by atoms with Gasteiger partial charge < -0.3 is 20.3 Å². The summed E-state index contributed by atoms with van der Waals surface area (Å²) >= 11 is 5.90. The van der Waals surface area contributed by atoms with Crippen LogP contribution in [0.2, 0.25) is 5.02 Å². The minimum absolute atomic E-state index is 0.0232. The Morgan fingerprint density at radius 1 is 1.23 bits per heavy atom. The fraction of sp³-hybridized carbons (Fsp3) is 0.458. The summed E-state index contributed by atoms with van der Waals surface area (Å²) in [5, 5.41) is 6.61. The summed E-state index contributed by atoms with van der Waals surface area (Å²) in [4.78, 5) is 31.3. The first-order valence-electron chi connectivity index (χ1n) is 11.7. The molecule has 4 rings (SSSR count). The highest BCUT2D eigenvalue weighted by molar-refractivity contribution is 6.31. The third-order valence-electron chi connectivity index (χ3n) is 6.33. The molecule has 0 radical (unpaired) electrons. The van der Waals surface area contributed by atoms with Crippen LogP contribution in [0.4, 0.5) is 21.8 Å². The highest BCUT2D eigenvalue weighted by atomic mass is 35.5. The van der Waals surface area contributed by atoms with Crippen LogP contribution in [0.1, 0.15) is 38.5 Å². The number of hydrogen-bond acceptors (Lipinski definition) is 9. The van der Waals surface area contributed by atoms with E-state index in [4.69, 9.17) is 16.3 Å². The lowest BCUT2D eigenvalue weighted by Crippen LogP contribution is -2.39. The van der Waals surface area contributed by atoms with Gasteiger partial charge in [0.25, 0.3) is 0 Å². The van der Waals surface area contributed by atoms with Crippen LogP contribution in [0.3, 0.4) is 0 Å². The Balaban J connectivity index is 1.36. The highest BCUT2D eigenvalue weighted by Crippen LogP contribution is 2.27. The second kappa shape index (κ2) is 11.5. The molecule has 0 saturated heterocycles. The number of anilines is 3. The van der Waals surface area contributed by atoms with E-state index in [1.54, 1.807) is 12.3 Å². The molecular weight excluding hydrogens is 473 g/mol. The molecule has 1 aliphatic rings. The zero-order chi connectivity index (χ0) is 24.8. The van der Waals surface area contributed by atoms with Gasteiger partial charge in [-0.2, -0.15) is 0 Å². The Kier molecular flexibility index (Phi) is 8.25. The number of esters is 1. The maximum atomic E-state index is 13.5. The summed E-state index contributed by atoms with van der Waals surface area (Å²) < 4.78 is 18.2. The first-order valence-corrected chi connectivity index (χ1v) is 12.0. The van der Waals surface area contributed by atoms with E-state index in [9.17, 15) is 9.18 Å². The lowest BCUT2D eigenvalue weighted by atomic mass is 9.90. The molecule has 0 amide bonds. The molecule has 0 bridgehead atoms. The number of nitrogens with zero attached hydrogens (tertiary/aromatic N) is 5. The average Bonchev–Trinajstić information content (AvgIpc) is 2.87. The molecule has 1 aliphatic carbocycles. The molecule has 9 nitrogen and oxygen atoms in total. The van der Waals surface area contributed by atoms with Gasteiger partial charge in [-0.05, 0) is 63.9 Å². The van der Waals surface area contributed by atoms with Crippen molar-refractivity contribution in [2.75, 3.05) is 31.3 Å². The van der Waals surface area contributed by atoms with Crippen molar-refractivity contribution in [3.8, 4) is 0 Å². The number of nitrogens with one attached hydrogen (secondary N) is 2. The number of carbonyl (C=O) groups is 1. The summed E-state index contributed by atoms with van der Waals surface area (Å²) in [7, 11) is 3.54. The van der Waals surface area contributed by atoms with Crippen molar-refractivity contribution in [1.82, 2.24) is 24.8 Å². The van der Waals surface area contributed by atoms with Crippen molar-refractivity contribution in [3.63, 3.8) is 0 Å². The molecule has 1 saturated carbocycles. The third-order valence-corrected chi connectivity index (χ3v) is 6.62. The van der Waals surface area contributed by atoms with Crippen molar-refractivity contribution in [3.05, 3.63) is 41.6 Å². The van der Waals surface area contributed by atoms with Crippen LogP contribution in [0.25, 0.3) is 11.0 Å². The number of carbonyl (C=O) groups excluding carboxylic acids is 1. The summed E-state index contributed by atoms with van der Waals surface area (Å²) in [5.74, 6) is 0.357. The SMILES string of the molecule is COC(=O)CCCN(C)[C@H]1CC[C@H](Nc2ncc3ncnc(Nc4ccc(F)c(Cl)c4)c3n2)CC1. The van der Waals surface area contributed by atoms with Gasteiger partial charge in [-0.3, -0.25) is 4.79 Å². The van der Waals surface area contributed by atoms with Gasteiger partial charge in [-0.15, -0.1) is 0 Å². The summed E-state index contributed by atoms with van der Waals surface area (Å²) in [6.07, 6.45) is 8.45. The van der Waals surface area contributed by atoms with E-state index in [0.29, 0.717) is 40.9 Å². The van der Waals surface area contributed by atoms with E-state index in [1.807, 2.05) is 0 Å². The topological polar surface area (TPSA) is 105 Å². The van der Waals surface area contributed by atoms with Crippen LogP contribution in [-0.4, -0.2) is 63.6 Å². The van der Waals surface area contributed by atoms with E-state index >= 15 is 0 Å². The molecule has 1 fully saturated rings. The van der Waals surface area contributed by atoms with Crippen LogP contribution in [0.15, 0.2) is 30.7 Å². The van der Waals surface area contributed by atoms with E-state index < -0.39 is 5.82 Å². The van der Waals surface area contributed by atoms with Gasteiger partial charge in [-0.25, -0.2) is 24.3 Å². The normalized spacial score (nSPS) is 18.0. The molecule has 0 atom stereocenters. The maximum Gasteiger partial charge on any atom is 0.305 e. The van der Waals surface area contributed by atoms with E-state index in [1.165, 1.54) is 25.6 Å². The maximum absolute atomic E-state index is 13.5. The van der Waals surface area contributed by atoms with Gasteiger partial charge in [0.05, 0.1) is 18.3 Å². The van der Waals surface area contributed by atoms with Crippen molar-refractivity contribution < 1.29 is 13.9 Å². The van der Waals surface area contributed by atoms with E-state index in [2.05, 4.69) is 42.5 Å². The molecule has 0 unspecified atom stereocenters. The zero-order valence-electron chi connectivity index (χ0n) is 19.8. The first kappa shape index (κ1) is 25.0. The van der Waals surface area contributed by atoms with Gasteiger partial charge in [0.1, 0.15) is 23.2 Å². The van der Waals surface area contributed by atoms with E-state index in [0.717, 1.165) is 38.6 Å². The Morgan fingerprint density at radius 3 is 2.77 bits per heavy atom. The predicted molar refractivity (Wildman–Crippen MR) is 133 cm³/mol. The van der Waals surface area contributed by atoms with Crippen molar-refractivity contribution in [1.29, 1.82) is 0 Å². The van der Waals surface area contributed by atoms with Crippen LogP contribution < -0.4 is 10.6 Å². The van der Waals surface area contributed by atoms with Gasteiger partial charge >= 0.3 is 5.97 Å². The van der Waals surface area contributed by atoms with Crippen molar-refractivity contribution >= 4 is 46.1 Å². The highest BCUT2D eigenvalue weighted by Gasteiger charge is 2.24. The third kappa shape index (κ3) is 6.52.